The summed E-state index contributed by atoms with van der Waals surface area (Å²) in [4.78, 5) is 1.40. The third-order valence-electron chi connectivity index (χ3n) is 2.59. The molecule has 0 aliphatic carbocycles. The second-order valence-corrected chi connectivity index (χ2v) is 6.78. The van der Waals surface area contributed by atoms with E-state index in [0.717, 1.165) is 6.07 Å². The number of halogens is 2. The molecule has 0 aliphatic rings. The Kier molecular flexibility index (Phi) is 6.35. The van der Waals surface area contributed by atoms with Crippen LogP contribution in [0.1, 0.15) is 5.56 Å². The summed E-state index contributed by atoms with van der Waals surface area (Å²) in [5.74, 6) is -0.777. The number of rotatable bonds is 7. The van der Waals surface area contributed by atoms with Gasteiger partial charge in [0.05, 0.1) is 0 Å². The van der Waals surface area contributed by atoms with Crippen molar-refractivity contribution in [3.8, 4) is 0 Å². The third kappa shape index (κ3) is 4.68. The van der Waals surface area contributed by atoms with E-state index in [0.29, 0.717) is 6.54 Å². The number of benzene rings is 1. The Balaban J connectivity index is 3.05. The van der Waals surface area contributed by atoms with Crippen molar-refractivity contribution in [2.24, 2.45) is 0 Å². The van der Waals surface area contributed by atoms with Gasteiger partial charge in [0, 0.05) is 30.2 Å². The summed E-state index contributed by atoms with van der Waals surface area (Å²) in [5, 5.41) is 2.95. The van der Waals surface area contributed by atoms with E-state index in [1.807, 2.05) is 19.0 Å². The lowest BCUT2D eigenvalue weighted by Gasteiger charge is -2.13. The molecule has 0 amide bonds. The highest BCUT2D eigenvalue weighted by Crippen LogP contribution is 2.23. The number of hydrogen-bond donors (Lipinski definition) is 2. The van der Waals surface area contributed by atoms with Crippen molar-refractivity contribution in [3.05, 3.63) is 28.5 Å². The van der Waals surface area contributed by atoms with E-state index in [2.05, 4.69) is 10.0 Å². The Bertz CT molecular complexity index is 564. The van der Waals surface area contributed by atoms with E-state index in [-0.39, 0.29) is 23.7 Å². The number of nitrogens with zero attached hydrogens (tertiary/aromatic N) is 1. The van der Waals surface area contributed by atoms with Crippen LogP contribution in [0.3, 0.4) is 0 Å². The van der Waals surface area contributed by atoms with Crippen molar-refractivity contribution in [2.45, 2.75) is 11.4 Å². The van der Waals surface area contributed by atoms with E-state index in [9.17, 15) is 12.8 Å². The van der Waals surface area contributed by atoms with Gasteiger partial charge in [0.15, 0.2) is 0 Å². The van der Waals surface area contributed by atoms with Crippen molar-refractivity contribution < 1.29 is 12.8 Å². The van der Waals surface area contributed by atoms with Gasteiger partial charge in [-0.3, -0.25) is 0 Å². The molecule has 0 spiro atoms. The molecular weight excluding hydrogens is 305 g/mol. The minimum Gasteiger partial charge on any atom is -0.316 e. The molecule has 0 heterocycles. The lowest BCUT2D eigenvalue weighted by atomic mass is 10.2. The molecule has 0 radical (unpaired) electrons. The van der Waals surface area contributed by atoms with Gasteiger partial charge in [-0.1, -0.05) is 11.6 Å². The first kappa shape index (κ1) is 17.3. The van der Waals surface area contributed by atoms with Crippen molar-refractivity contribution in [1.82, 2.24) is 14.9 Å². The van der Waals surface area contributed by atoms with Crippen LogP contribution in [0.15, 0.2) is 17.0 Å². The first-order valence-electron chi connectivity index (χ1n) is 6.05. The Hall–Kier alpha value is -0.730. The van der Waals surface area contributed by atoms with Crippen LogP contribution in [0.5, 0.6) is 0 Å². The van der Waals surface area contributed by atoms with Gasteiger partial charge in [-0.25, -0.2) is 17.5 Å². The molecule has 2 N–H and O–H groups in total. The summed E-state index contributed by atoms with van der Waals surface area (Å²) in [7, 11) is 1.37. The average Bonchev–Trinajstić information content (AvgIpc) is 2.32. The van der Waals surface area contributed by atoms with Crippen LogP contribution in [0.25, 0.3) is 0 Å². The quantitative estimate of drug-likeness (QED) is 0.787. The van der Waals surface area contributed by atoms with Gasteiger partial charge in [-0.2, -0.15) is 0 Å². The van der Waals surface area contributed by atoms with Gasteiger partial charge >= 0.3 is 0 Å². The summed E-state index contributed by atoms with van der Waals surface area (Å²) in [6.07, 6.45) is 0. The highest BCUT2D eigenvalue weighted by Gasteiger charge is 2.22. The molecule has 0 bridgehead atoms. The molecule has 0 unspecified atom stereocenters. The summed E-state index contributed by atoms with van der Waals surface area (Å²) >= 11 is 5.85. The predicted octanol–water partition coefficient (Wildman–Crippen LogP) is 1.04. The molecule has 0 atom stereocenters. The minimum atomic E-state index is -3.91. The maximum atomic E-state index is 14.2. The molecule has 1 aromatic carbocycles. The molecule has 1 aromatic rings. The van der Waals surface area contributed by atoms with E-state index in [4.69, 9.17) is 11.6 Å². The normalized spacial score (nSPS) is 12.1. The maximum Gasteiger partial charge on any atom is 0.243 e. The molecule has 20 heavy (non-hydrogen) atoms. The molecule has 0 aliphatic heterocycles. The van der Waals surface area contributed by atoms with Crippen molar-refractivity contribution >= 4 is 21.6 Å². The predicted molar refractivity (Wildman–Crippen MR) is 77.9 cm³/mol. The first-order valence-corrected chi connectivity index (χ1v) is 7.91. The fourth-order valence-corrected chi connectivity index (χ4v) is 3.08. The molecule has 0 saturated heterocycles. The highest BCUT2D eigenvalue weighted by molar-refractivity contribution is 7.89. The lowest BCUT2D eigenvalue weighted by molar-refractivity contribution is 0.412. The standard InChI is InChI=1S/C12H19ClFN3O2S/c1-15-8-9-6-10(13)7-11(12(9)14)20(18,19)16-4-5-17(2)3/h6-7,15-16H,4-5,8H2,1-3H3. The fourth-order valence-electron chi connectivity index (χ4n) is 1.61. The van der Waals surface area contributed by atoms with Gasteiger partial charge in [0.2, 0.25) is 10.0 Å². The van der Waals surface area contributed by atoms with Crippen LogP contribution in [0.2, 0.25) is 5.02 Å². The van der Waals surface area contributed by atoms with E-state index in [1.165, 1.54) is 6.07 Å². The molecule has 114 valence electrons. The zero-order valence-corrected chi connectivity index (χ0v) is 13.3. The van der Waals surface area contributed by atoms with Crippen molar-refractivity contribution in [2.75, 3.05) is 34.2 Å². The van der Waals surface area contributed by atoms with Crippen molar-refractivity contribution in [1.29, 1.82) is 0 Å². The van der Waals surface area contributed by atoms with Gasteiger partial charge < -0.3 is 10.2 Å². The smallest absolute Gasteiger partial charge is 0.243 e. The number of sulfonamides is 1. The fraction of sp³-hybridized carbons (Fsp3) is 0.500. The zero-order chi connectivity index (χ0) is 15.3. The van der Waals surface area contributed by atoms with E-state index >= 15 is 0 Å². The summed E-state index contributed by atoms with van der Waals surface area (Å²) in [6, 6.07) is 2.53. The molecule has 1 rings (SSSR count). The van der Waals surface area contributed by atoms with Crippen LogP contribution in [-0.2, 0) is 16.6 Å². The van der Waals surface area contributed by atoms with E-state index in [1.54, 1.807) is 7.05 Å². The van der Waals surface area contributed by atoms with Crippen LogP contribution in [0, 0.1) is 5.82 Å². The second-order valence-electron chi connectivity index (χ2n) is 4.61. The molecule has 0 aromatic heterocycles. The minimum absolute atomic E-state index is 0.185. The largest absolute Gasteiger partial charge is 0.316 e. The number of hydrogen-bond acceptors (Lipinski definition) is 4. The number of nitrogens with one attached hydrogen (secondary N) is 2. The summed E-state index contributed by atoms with van der Waals surface area (Å²) in [6.45, 7) is 0.917. The summed E-state index contributed by atoms with van der Waals surface area (Å²) in [5.41, 5.74) is 0.216. The van der Waals surface area contributed by atoms with Gasteiger partial charge in [0.25, 0.3) is 0 Å². The Morgan fingerprint density at radius 3 is 2.55 bits per heavy atom. The highest BCUT2D eigenvalue weighted by atomic mass is 35.5. The van der Waals surface area contributed by atoms with Gasteiger partial charge in [0.1, 0.15) is 10.7 Å². The van der Waals surface area contributed by atoms with Crippen LogP contribution in [-0.4, -0.2) is 47.6 Å². The zero-order valence-electron chi connectivity index (χ0n) is 11.7. The molecule has 0 fully saturated rings. The average molecular weight is 324 g/mol. The second kappa shape index (κ2) is 7.33. The van der Waals surface area contributed by atoms with Crippen LogP contribution >= 0.6 is 11.6 Å². The Morgan fingerprint density at radius 2 is 2.00 bits per heavy atom. The maximum absolute atomic E-state index is 14.2. The molecule has 0 saturated carbocycles. The third-order valence-corrected chi connectivity index (χ3v) is 4.27. The Morgan fingerprint density at radius 1 is 1.35 bits per heavy atom. The molecule has 8 heteroatoms. The topological polar surface area (TPSA) is 61.4 Å². The van der Waals surface area contributed by atoms with Crippen LogP contribution in [0.4, 0.5) is 4.39 Å². The SMILES string of the molecule is CNCc1cc(Cl)cc(S(=O)(=O)NCCN(C)C)c1F. The summed E-state index contributed by atoms with van der Waals surface area (Å²) < 4.78 is 40.7. The molecular formula is C12H19ClFN3O2S. The number of likely N-dealkylation sites (N-methyl/N-ethyl adjacent to an activating group) is 1. The first-order chi connectivity index (χ1) is 9.27. The lowest BCUT2D eigenvalue weighted by Crippen LogP contribution is -2.32. The van der Waals surface area contributed by atoms with Gasteiger partial charge in [-0.05, 0) is 33.3 Å². The Labute approximate surface area is 124 Å². The van der Waals surface area contributed by atoms with Crippen LogP contribution < -0.4 is 10.0 Å². The van der Waals surface area contributed by atoms with E-state index < -0.39 is 20.7 Å². The monoisotopic (exact) mass is 323 g/mol. The molecule has 5 nitrogen and oxygen atoms in total. The van der Waals surface area contributed by atoms with Gasteiger partial charge in [-0.15, -0.1) is 0 Å². The van der Waals surface area contributed by atoms with Crippen molar-refractivity contribution in [3.63, 3.8) is 0 Å².